The minimum absolute atomic E-state index is 0.120. The van der Waals surface area contributed by atoms with E-state index in [1.54, 1.807) is 28.4 Å². The highest BCUT2D eigenvalue weighted by Gasteiger charge is 2.15. The summed E-state index contributed by atoms with van der Waals surface area (Å²) in [6.07, 6.45) is 3.55. The van der Waals surface area contributed by atoms with Crippen molar-refractivity contribution in [1.29, 1.82) is 0 Å². The van der Waals surface area contributed by atoms with Crippen molar-refractivity contribution in [2.75, 3.05) is 5.32 Å². The molecule has 0 fully saturated rings. The fourth-order valence-corrected chi connectivity index (χ4v) is 4.44. The molecule has 0 aliphatic rings. The van der Waals surface area contributed by atoms with Gasteiger partial charge in [0.2, 0.25) is 5.91 Å². The molecule has 0 saturated heterocycles. The lowest BCUT2D eigenvalue weighted by atomic mass is 10.1. The molecule has 0 atom stereocenters. The SMILES string of the molecule is CCCc1c(C)nc2ncnn2c1Sc1ccc(NC(=O)Cc2cccc(F)c2)cc1. The van der Waals surface area contributed by atoms with Crippen LogP contribution in [0, 0.1) is 12.7 Å². The van der Waals surface area contributed by atoms with Gasteiger partial charge in [0.05, 0.1) is 6.42 Å². The van der Waals surface area contributed by atoms with Gasteiger partial charge in [-0.1, -0.05) is 37.2 Å². The van der Waals surface area contributed by atoms with Crippen LogP contribution in [0.2, 0.25) is 0 Å². The number of aryl methyl sites for hydroxylation is 1. The second-order valence-electron chi connectivity index (χ2n) is 7.18. The van der Waals surface area contributed by atoms with Gasteiger partial charge in [0.25, 0.3) is 5.78 Å². The van der Waals surface area contributed by atoms with Gasteiger partial charge in [-0.15, -0.1) is 0 Å². The molecule has 2 aromatic carbocycles. The first-order valence-corrected chi connectivity index (χ1v) is 10.9. The smallest absolute Gasteiger partial charge is 0.253 e. The van der Waals surface area contributed by atoms with E-state index in [2.05, 4.69) is 27.3 Å². The summed E-state index contributed by atoms with van der Waals surface area (Å²) < 4.78 is 15.1. The average molecular weight is 436 g/mol. The fourth-order valence-electron chi connectivity index (χ4n) is 3.35. The van der Waals surface area contributed by atoms with E-state index in [0.717, 1.165) is 34.0 Å². The molecule has 4 aromatic rings. The summed E-state index contributed by atoms with van der Waals surface area (Å²) in [6, 6.07) is 13.7. The highest BCUT2D eigenvalue weighted by Crippen LogP contribution is 2.33. The van der Waals surface area contributed by atoms with Crippen molar-refractivity contribution in [3.05, 3.63) is 77.5 Å². The van der Waals surface area contributed by atoms with E-state index in [-0.39, 0.29) is 18.1 Å². The zero-order valence-corrected chi connectivity index (χ0v) is 18.1. The summed E-state index contributed by atoms with van der Waals surface area (Å²) in [7, 11) is 0. The summed E-state index contributed by atoms with van der Waals surface area (Å²) in [5, 5.41) is 8.20. The van der Waals surface area contributed by atoms with Crippen LogP contribution in [-0.4, -0.2) is 25.5 Å². The molecule has 0 aliphatic carbocycles. The molecule has 0 radical (unpaired) electrons. The Bertz CT molecular complexity index is 1220. The van der Waals surface area contributed by atoms with Crippen molar-refractivity contribution in [2.45, 2.75) is 43.0 Å². The molecule has 0 unspecified atom stereocenters. The Morgan fingerprint density at radius 2 is 2.00 bits per heavy atom. The van der Waals surface area contributed by atoms with Crippen LogP contribution in [0.25, 0.3) is 5.78 Å². The van der Waals surface area contributed by atoms with Gasteiger partial charge in [0, 0.05) is 21.8 Å². The first-order chi connectivity index (χ1) is 15.0. The zero-order valence-electron chi connectivity index (χ0n) is 17.3. The molecule has 2 heterocycles. The Labute approximate surface area is 183 Å². The van der Waals surface area contributed by atoms with Gasteiger partial charge in [-0.2, -0.15) is 14.6 Å². The van der Waals surface area contributed by atoms with Crippen LogP contribution in [0.5, 0.6) is 0 Å². The molecule has 6 nitrogen and oxygen atoms in total. The number of aromatic nitrogens is 4. The van der Waals surface area contributed by atoms with Crippen LogP contribution in [-0.2, 0) is 17.6 Å². The van der Waals surface area contributed by atoms with Crippen molar-refractivity contribution in [2.24, 2.45) is 0 Å². The van der Waals surface area contributed by atoms with Gasteiger partial charge >= 0.3 is 0 Å². The number of hydrogen-bond donors (Lipinski definition) is 1. The molecular formula is C23H22FN5OS. The number of hydrogen-bond acceptors (Lipinski definition) is 5. The quantitative estimate of drug-likeness (QED) is 0.420. The number of halogens is 1. The fraction of sp³-hybridized carbons (Fsp3) is 0.217. The minimum atomic E-state index is -0.345. The lowest BCUT2D eigenvalue weighted by molar-refractivity contribution is -0.115. The molecule has 1 N–H and O–H groups in total. The van der Waals surface area contributed by atoms with Gasteiger partial charge in [0.15, 0.2) is 0 Å². The number of carbonyl (C=O) groups excluding carboxylic acids is 1. The standard InChI is InChI=1S/C23H22FN5OS/c1-3-5-20-15(2)27-23-25-14-26-29(23)22(20)31-19-10-8-18(9-11-19)28-21(30)13-16-6-4-7-17(24)12-16/h4,6-12,14H,3,5,13H2,1-2H3,(H,28,30). The maximum absolute atomic E-state index is 13.3. The first-order valence-electron chi connectivity index (χ1n) is 10.0. The molecule has 0 aliphatic heterocycles. The Balaban J connectivity index is 1.50. The first kappa shape index (κ1) is 21.0. The zero-order chi connectivity index (χ0) is 21.8. The largest absolute Gasteiger partial charge is 0.326 e. The monoisotopic (exact) mass is 435 g/mol. The highest BCUT2D eigenvalue weighted by molar-refractivity contribution is 7.99. The van der Waals surface area contributed by atoms with E-state index >= 15 is 0 Å². The molecule has 8 heteroatoms. The lowest BCUT2D eigenvalue weighted by Gasteiger charge is -2.13. The van der Waals surface area contributed by atoms with Crippen molar-refractivity contribution >= 4 is 29.1 Å². The minimum Gasteiger partial charge on any atom is -0.326 e. The molecule has 0 bridgehead atoms. The molecule has 4 rings (SSSR count). The van der Waals surface area contributed by atoms with Crippen LogP contribution in [0.15, 0.2) is 64.8 Å². The predicted molar refractivity (Wildman–Crippen MR) is 119 cm³/mol. The maximum Gasteiger partial charge on any atom is 0.253 e. The van der Waals surface area contributed by atoms with E-state index in [4.69, 9.17) is 0 Å². The van der Waals surface area contributed by atoms with E-state index in [1.807, 2.05) is 31.2 Å². The van der Waals surface area contributed by atoms with Gasteiger partial charge in [-0.05, 0) is 55.3 Å². The number of fused-ring (bicyclic) bond motifs is 1. The van der Waals surface area contributed by atoms with Crippen LogP contribution in [0.4, 0.5) is 10.1 Å². The second-order valence-corrected chi connectivity index (χ2v) is 8.25. The summed E-state index contributed by atoms with van der Waals surface area (Å²) in [5.41, 5.74) is 3.46. The Morgan fingerprint density at radius 1 is 1.19 bits per heavy atom. The van der Waals surface area contributed by atoms with E-state index in [0.29, 0.717) is 17.0 Å². The van der Waals surface area contributed by atoms with E-state index < -0.39 is 0 Å². The van der Waals surface area contributed by atoms with Gasteiger partial charge in [-0.25, -0.2) is 9.37 Å². The molecule has 0 spiro atoms. The Hall–Kier alpha value is -3.26. The third-order valence-electron chi connectivity index (χ3n) is 4.79. The average Bonchev–Trinajstić information content (AvgIpc) is 3.20. The maximum atomic E-state index is 13.3. The molecule has 31 heavy (non-hydrogen) atoms. The van der Waals surface area contributed by atoms with E-state index in [9.17, 15) is 9.18 Å². The number of amides is 1. The van der Waals surface area contributed by atoms with Crippen molar-refractivity contribution in [3.63, 3.8) is 0 Å². The van der Waals surface area contributed by atoms with Crippen LogP contribution < -0.4 is 5.32 Å². The Morgan fingerprint density at radius 3 is 2.74 bits per heavy atom. The molecule has 158 valence electrons. The van der Waals surface area contributed by atoms with E-state index in [1.165, 1.54) is 18.5 Å². The molecular weight excluding hydrogens is 413 g/mol. The molecule has 0 saturated carbocycles. The van der Waals surface area contributed by atoms with Crippen molar-refractivity contribution in [3.8, 4) is 0 Å². The number of anilines is 1. The predicted octanol–water partition coefficient (Wildman–Crippen LogP) is 4.86. The number of nitrogens with one attached hydrogen (secondary N) is 1. The second kappa shape index (κ2) is 9.26. The van der Waals surface area contributed by atoms with Crippen LogP contribution in [0.3, 0.4) is 0 Å². The molecule has 2 aromatic heterocycles. The highest BCUT2D eigenvalue weighted by atomic mass is 32.2. The summed E-state index contributed by atoms with van der Waals surface area (Å²) >= 11 is 1.60. The molecule has 1 amide bonds. The topological polar surface area (TPSA) is 72.2 Å². The third-order valence-corrected chi connectivity index (χ3v) is 5.91. The van der Waals surface area contributed by atoms with Crippen LogP contribution in [0.1, 0.15) is 30.2 Å². The normalized spacial score (nSPS) is 11.1. The number of benzene rings is 2. The Kier molecular flexibility index (Phi) is 6.27. The summed E-state index contributed by atoms with van der Waals surface area (Å²) in [6.45, 7) is 4.14. The van der Waals surface area contributed by atoms with Crippen molar-refractivity contribution in [1.82, 2.24) is 19.6 Å². The summed E-state index contributed by atoms with van der Waals surface area (Å²) in [5.74, 6) is 0.0494. The summed E-state index contributed by atoms with van der Waals surface area (Å²) in [4.78, 5) is 22.1. The third kappa shape index (κ3) is 4.91. The van der Waals surface area contributed by atoms with Gasteiger partial charge in [0.1, 0.15) is 17.2 Å². The van der Waals surface area contributed by atoms with Gasteiger partial charge in [-0.3, -0.25) is 4.79 Å². The number of rotatable bonds is 7. The van der Waals surface area contributed by atoms with Crippen LogP contribution >= 0.6 is 11.8 Å². The number of nitrogens with zero attached hydrogens (tertiary/aromatic N) is 4. The lowest BCUT2D eigenvalue weighted by Crippen LogP contribution is -2.14. The number of carbonyl (C=O) groups is 1. The van der Waals surface area contributed by atoms with Crippen molar-refractivity contribution < 1.29 is 9.18 Å². The van der Waals surface area contributed by atoms with Gasteiger partial charge < -0.3 is 5.32 Å².